The molecular formula is C13H17BrO3. The second-order valence-corrected chi connectivity index (χ2v) is 4.42. The molecule has 1 aromatic carbocycles. The maximum Gasteiger partial charge on any atom is 0.340 e. The molecule has 0 heterocycles. The molecule has 0 spiro atoms. The van der Waals surface area contributed by atoms with Crippen LogP contribution >= 0.6 is 17.0 Å². The Hall–Kier alpha value is -0.870. The van der Waals surface area contributed by atoms with Gasteiger partial charge in [0.05, 0.1) is 0 Å². The maximum atomic E-state index is 11.4. The van der Waals surface area contributed by atoms with E-state index in [4.69, 9.17) is 0 Å². The molecular weight excluding hydrogens is 284 g/mol. The van der Waals surface area contributed by atoms with Gasteiger partial charge in [-0.2, -0.15) is 0 Å². The lowest BCUT2D eigenvalue weighted by Crippen LogP contribution is -2.42. The van der Waals surface area contributed by atoms with Crippen LogP contribution in [-0.2, 0) is 10.4 Å². The van der Waals surface area contributed by atoms with E-state index in [-0.39, 0.29) is 22.9 Å². The van der Waals surface area contributed by atoms with Gasteiger partial charge in [-0.05, 0) is 18.4 Å². The van der Waals surface area contributed by atoms with E-state index < -0.39 is 11.6 Å². The number of halogens is 1. The molecule has 0 saturated heterocycles. The topological polar surface area (TPSA) is 57.5 Å². The minimum atomic E-state index is -1.71. The fraction of sp³-hybridized carbons (Fsp3) is 0.462. The van der Waals surface area contributed by atoms with Gasteiger partial charge in [-0.15, -0.1) is 17.0 Å². The molecule has 1 aliphatic rings. The largest absolute Gasteiger partial charge is 0.479 e. The van der Waals surface area contributed by atoms with Crippen LogP contribution in [0.4, 0.5) is 0 Å². The fourth-order valence-corrected chi connectivity index (χ4v) is 2.57. The van der Waals surface area contributed by atoms with Crippen LogP contribution in [0.3, 0.4) is 0 Å². The Balaban J connectivity index is 0.00000144. The van der Waals surface area contributed by atoms with Gasteiger partial charge in [-0.3, -0.25) is 0 Å². The minimum Gasteiger partial charge on any atom is -0.479 e. The normalized spacial score (nSPS) is 19.4. The number of hydrogen-bond acceptors (Lipinski definition) is 2. The molecule has 1 fully saturated rings. The number of carboxylic acid groups (broad SMARTS) is 1. The highest BCUT2D eigenvalue weighted by molar-refractivity contribution is 8.93. The summed E-state index contributed by atoms with van der Waals surface area (Å²) in [4.78, 5) is 11.4. The average molecular weight is 301 g/mol. The molecule has 94 valence electrons. The maximum absolute atomic E-state index is 11.4. The summed E-state index contributed by atoms with van der Waals surface area (Å²) in [6.45, 7) is 0. The third-order valence-corrected chi connectivity index (χ3v) is 3.49. The Morgan fingerprint density at radius 3 is 2.18 bits per heavy atom. The van der Waals surface area contributed by atoms with E-state index >= 15 is 0 Å². The average Bonchev–Trinajstić information content (AvgIpc) is 2.82. The first-order chi connectivity index (χ1) is 7.65. The van der Waals surface area contributed by atoms with Crippen molar-refractivity contribution in [3.05, 3.63) is 35.9 Å². The van der Waals surface area contributed by atoms with E-state index in [1.807, 2.05) is 6.07 Å². The highest BCUT2D eigenvalue weighted by Crippen LogP contribution is 2.40. The molecule has 0 aromatic heterocycles. The molecule has 2 N–H and O–H groups in total. The van der Waals surface area contributed by atoms with Gasteiger partial charge in [0.1, 0.15) is 0 Å². The van der Waals surface area contributed by atoms with Gasteiger partial charge in [0, 0.05) is 5.92 Å². The van der Waals surface area contributed by atoms with E-state index in [1.54, 1.807) is 24.3 Å². The van der Waals surface area contributed by atoms with Gasteiger partial charge in [0.2, 0.25) is 0 Å². The van der Waals surface area contributed by atoms with Crippen LogP contribution < -0.4 is 0 Å². The van der Waals surface area contributed by atoms with Crippen molar-refractivity contribution < 1.29 is 15.0 Å². The van der Waals surface area contributed by atoms with Crippen LogP contribution in [0.5, 0.6) is 0 Å². The number of carboxylic acids is 1. The number of benzene rings is 1. The van der Waals surface area contributed by atoms with Crippen molar-refractivity contribution in [2.75, 3.05) is 0 Å². The number of hydrogen-bond donors (Lipinski definition) is 2. The summed E-state index contributed by atoms with van der Waals surface area (Å²) in [7, 11) is 0. The van der Waals surface area contributed by atoms with Crippen LogP contribution in [0.25, 0.3) is 0 Å². The zero-order chi connectivity index (χ0) is 11.6. The number of carbonyl (C=O) groups is 1. The summed E-state index contributed by atoms with van der Waals surface area (Å²) in [6.07, 6.45) is 3.59. The van der Waals surface area contributed by atoms with Crippen molar-refractivity contribution in [1.82, 2.24) is 0 Å². The Labute approximate surface area is 111 Å². The van der Waals surface area contributed by atoms with Gasteiger partial charge < -0.3 is 10.2 Å². The van der Waals surface area contributed by atoms with Crippen molar-refractivity contribution in [2.24, 2.45) is 5.92 Å². The SMILES string of the molecule is Br.O=C(O)[C@](O)(c1ccccc1)C1CCCC1. The first-order valence-electron chi connectivity index (χ1n) is 5.67. The lowest BCUT2D eigenvalue weighted by atomic mass is 9.80. The van der Waals surface area contributed by atoms with Gasteiger partial charge in [0.25, 0.3) is 0 Å². The fourth-order valence-electron chi connectivity index (χ4n) is 2.57. The number of rotatable bonds is 3. The van der Waals surface area contributed by atoms with E-state index in [9.17, 15) is 15.0 Å². The zero-order valence-corrected chi connectivity index (χ0v) is 11.2. The minimum absolute atomic E-state index is 0. The number of aliphatic carboxylic acids is 1. The third kappa shape index (κ3) is 2.53. The van der Waals surface area contributed by atoms with Gasteiger partial charge >= 0.3 is 5.97 Å². The summed E-state index contributed by atoms with van der Waals surface area (Å²) in [5.74, 6) is -1.29. The second-order valence-electron chi connectivity index (χ2n) is 4.42. The van der Waals surface area contributed by atoms with Crippen LogP contribution in [0.15, 0.2) is 30.3 Å². The molecule has 0 aliphatic heterocycles. The van der Waals surface area contributed by atoms with E-state index in [2.05, 4.69) is 0 Å². The molecule has 2 rings (SSSR count). The molecule has 0 bridgehead atoms. The van der Waals surface area contributed by atoms with E-state index in [1.165, 1.54) is 0 Å². The first-order valence-corrected chi connectivity index (χ1v) is 5.67. The van der Waals surface area contributed by atoms with Gasteiger partial charge in [0.15, 0.2) is 5.60 Å². The highest BCUT2D eigenvalue weighted by Gasteiger charge is 2.46. The van der Waals surface area contributed by atoms with Crippen molar-refractivity contribution >= 4 is 23.0 Å². The second kappa shape index (κ2) is 5.65. The van der Waals surface area contributed by atoms with Crippen LogP contribution in [0.2, 0.25) is 0 Å². The Kier molecular flexibility index (Phi) is 4.71. The predicted octanol–water partition coefficient (Wildman–Crippen LogP) is 2.73. The predicted molar refractivity (Wildman–Crippen MR) is 70.3 cm³/mol. The lowest BCUT2D eigenvalue weighted by molar-refractivity contribution is -0.166. The van der Waals surface area contributed by atoms with E-state index in [0.717, 1.165) is 25.7 Å². The monoisotopic (exact) mass is 300 g/mol. The number of aliphatic hydroxyl groups is 1. The molecule has 1 aliphatic carbocycles. The summed E-state index contributed by atoms with van der Waals surface area (Å²) in [5.41, 5.74) is -1.22. The molecule has 0 amide bonds. The molecule has 0 radical (unpaired) electrons. The summed E-state index contributed by atoms with van der Waals surface area (Å²) in [6, 6.07) is 8.72. The zero-order valence-electron chi connectivity index (χ0n) is 9.50. The van der Waals surface area contributed by atoms with Crippen LogP contribution in [0, 0.1) is 5.92 Å². The Morgan fingerprint density at radius 1 is 1.18 bits per heavy atom. The molecule has 1 aromatic rings. The van der Waals surface area contributed by atoms with Gasteiger partial charge in [-0.25, -0.2) is 4.79 Å². The van der Waals surface area contributed by atoms with Crippen molar-refractivity contribution in [3.63, 3.8) is 0 Å². The standard InChI is InChI=1S/C13H16O3.BrH/c14-12(15)13(16,11-8-4-5-9-11)10-6-2-1-3-7-10;/h1-3,6-7,11,16H,4-5,8-9H2,(H,14,15);1H/t13-;/m0./s1. The lowest BCUT2D eigenvalue weighted by Gasteiger charge is -2.30. The van der Waals surface area contributed by atoms with Gasteiger partial charge in [-0.1, -0.05) is 43.2 Å². The summed E-state index contributed by atoms with van der Waals surface area (Å²) >= 11 is 0. The molecule has 17 heavy (non-hydrogen) atoms. The van der Waals surface area contributed by atoms with Crippen molar-refractivity contribution in [3.8, 4) is 0 Å². The Bertz CT molecular complexity index is 374. The van der Waals surface area contributed by atoms with Crippen molar-refractivity contribution in [2.45, 2.75) is 31.3 Å². The van der Waals surface area contributed by atoms with Crippen LogP contribution in [0.1, 0.15) is 31.2 Å². The molecule has 1 saturated carbocycles. The Morgan fingerprint density at radius 2 is 1.71 bits per heavy atom. The quantitative estimate of drug-likeness (QED) is 0.902. The van der Waals surface area contributed by atoms with E-state index in [0.29, 0.717) is 5.56 Å². The summed E-state index contributed by atoms with van der Waals surface area (Å²) < 4.78 is 0. The molecule has 0 unspecified atom stereocenters. The third-order valence-electron chi connectivity index (χ3n) is 3.49. The first kappa shape index (κ1) is 14.2. The highest BCUT2D eigenvalue weighted by atomic mass is 79.9. The van der Waals surface area contributed by atoms with Crippen molar-refractivity contribution in [1.29, 1.82) is 0 Å². The molecule has 3 nitrogen and oxygen atoms in total. The summed E-state index contributed by atoms with van der Waals surface area (Å²) in [5, 5.41) is 19.8. The molecule has 4 heteroatoms. The molecule has 1 atom stereocenters. The smallest absolute Gasteiger partial charge is 0.340 e. The van der Waals surface area contributed by atoms with Crippen LogP contribution in [-0.4, -0.2) is 16.2 Å².